The molecule has 0 aliphatic heterocycles. The first-order valence-corrected chi connectivity index (χ1v) is 4.13. The average Bonchev–Trinajstić information content (AvgIpc) is 1.98. The van der Waals surface area contributed by atoms with E-state index in [0.29, 0.717) is 6.07 Å². The molecule has 0 atom stereocenters. The lowest BCUT2D eigenvalue weighted by Gasteiger charge is -2.01. The number of rotatable bonds is 2. The Balaban J connectivity index is 2.72. The first kappa shape index (κ1) is 11.3. The van der Waals surface area contributed by atoms with Crippen molar-refractivity contribution in [3.05, 3.63) is 35.4 Å². The summed E-state index contributed by atoms with van der Waals surface area (Å²) < 4.78 is 29.6. The van der Waals surface area contributed by atoms with Crippen LogP contribution in [0.1, 0.15) is 12.5 Å². The van der Waals surface area contributed by atoms with Gasteiger partial charge in [-0.2, -0.15) is 0 Å². The third kappa shape index (κ3) is 3.84. The molecule has 0 unspecified atom stereocenters. The van der Waals surface area contributed by atoms with Crippen molar-refractivity contribution in [2.45, 2.75) is 13.3 Å². The molecule has 0 heterocycles. The fraction of sp³-hybridized carbons (Fsp3) is 0.200. The van der Waals surface area contributed by atoms with Gasteiger partial charge in [0.1, 0.15) is 11.6 Å². The molecular formula is C10H8F2O3. The lowest BCUT2D eigenvalue weighted by molar-refractivity contribution is -0.157. The maximum absolute atomic E-state index is 12.7. The summed E-state index contributed by atoms with van der Waals surface area (Å²) in [5, 5.41) is 0. The van der Waals surface area contributed by atoms with Crippen molar-refractivity contribution in [2.75, 3.05) is 0 Å². The molecule has 0 saturated carbocycles. The minimum atomic E-state index is -0.840. The Morgan fingerprint density at radius 3 is 2.20 bits per heavy atom. The van der Waals surface area contributed by atoms with Crippen LogP contribution >= 0.6 is 0 Å². The number of hydrogen-bond acceptors (Lipinski definition) is 3. The number of benzene rings is 1. The van der Waals surface area contributed by atoms with Crippen LogP contribution in [-0.2, 0) is 20.7 Å². The number of carbonyl (C=O) groups excluding carboxylic acids is 2. The number of esters is 2. The topological polar surface area (TPSA) is 43.4 Å². The minimum Gasteiger partial charge on any atom is -0.393 e. The van der Waals surface area contributed by atoms with Crippen molar-refractivity contribution in [2.24, 2.45) is 0 Å². The van der Waals surface area contributed by atoms with Crippen LogP contribution in [-0.4, -0.2) is 11.9 Å². The van der Waals surface area contributed by atoms with Gasteiger partial charge in [-0.25, -0.2) is 8.78 Å². The van der Waals surface area contributed by atoms with E-state index >= 15 is 0 Å². The van der Waals surface area contributed by atoms with Crippen LogP contribution < -0.4 is 0 Å². The second-order valence-electron chi connectivity index (χ2n) is 2.92. The second kappa shape index (κ2) is 4.63. The molecule has 0 spiro atoms. The molecule has 0 aliphatic carbocycles. The third-order valence-electron chi connectivity index (χ3n) is 1.53. The van der Waals surface area contributed by atoms with E-state index in [2.05, 4.69) is 4.74 Å². The highest BCUT2D eigenvalue weighted by Crippen LogP contribution is 2.09. The quantitative estimate of drug-likeness (QED) is 0.554. The molecule has 0 fully saturated rings. The van der Waals surface area contributed by atoms with Crippen LogP contribution in [0.25, 0.3) is 0 Å². The maximum Gasteiger partial charge on any atom is 0.317 e. The standard InChI is InChI=1S/C10H8F2O3/c1-6(13)15-10(14)4-7-2-8(11)5-9(12)3-7/h2-3,5H,4H2,1H3. The summed E-state index contributed by atoms with van der Waals surface area (Å²) in [6.07, 6.45) is -0.339. The van der Waals surface area contributed by atoms with E-state index in [4.69, 9.17) is 0 Å². The monoisotopic (exact) mass is 214 g/mol. The Kier molecular flexibility index (Phi) is 3.49. The number of hydrogen-bond donors (Lipinski definition) is 0. The van der Waals surface area contributed by atoms with Gasteiger partial charge >= 0.3 is 11.9 Å². The van der Waals surface area contributed by atoms with Crippen LogP contribution in [0.3, 0.4) is 0 Å². The predicted octanol–water partition coefficient (Wildman–Crippen LogP) is 1.60. The lowest BCUT2D eigenvalue weighted by atomic mass is 10.1. The Labute approximate surface area is 84.7 Å². The Morgan fingerprint density at radius 2 is 1.73 bits per heavy atom. The molecule has 15 heavy (non-hydrogen) atoms. The normalized spacial score (nSPS) is 9.80. The van der Waals surface area contributed by atoms with Gasteiger partial charge in [0, 0.05) is 13.0 Å². The minimum absolute atomic E-state index is 0.124. The van der Waals surface area contributed by atoms with Gasteiger partial charge < -0.3 is 4.74 Å². The van der Waals surface area contributed by atoms with Gasteiger partial charge in [-0.15, -0.1) is 0 Å². The third-order valence-corrected chi connectivity index (χ3v) is 1.53. The van der Waals surface area contributed by atoms with Crippen molar-refractivity contribution in [1.29, 1.82) is 0 Å². The van der Waals surface area contributed by atoms with Crippen molar-refractivity contribution in [3.63, 3.8) is 0 Å². The highest BCUT2D eigenvalue weighted by atomic mass is 19.1. The summed E-state index contributed by atoms with van der Waals surface area (Å²) in [7, 11) is 0. The van der Waals surface area contributed by atoms with Gasteiger partial charge in [0.2, 0.25) is 0 Å². The first-order valence-electron chi connectivity index (χ1n) is 4.13. The van der Waals surface area contributed by atoms with E-state index in [-0.39, 0.29) is 12.0 Å². The molecule has 0 saturated heterocycles. The van der Waals surface area contributed by atoms with Crippen molar-refractivity contribution in [3.8, 4) is 0 Å². The van der Waals surface area contributed by atoms with Crippen molar-refractivity contribution < 1.29 is 23.1 Å². The lowest BCUT2D eigenvalue weighted by Crippen LogP contribution is -2.11. The van der Waals surface area contributed by atoms with Crippen LogP contribution in [0.4, 0.5) is 8.78 Å². The zero-order valence-corrected chi connectivity index (χ0v) is 7.92. The van der Waals surface area contributed by atoms with Crippen LogP contribution in [0.2, 0.25) is 0 Å². The molecule has 1 aromatic rings. The summed E-state index contributed by atoms with van der Waals surface area (Å²) in [6.45, 7) is 1.07. The highest BCUT2D eigenvalue weighted by molar-refractivity contribution is 5.85. The van der Waals surface area contributed by atoms with E-state index in [1.165, 1.54) is 0 Å². The molecule has 0 aromatic heterocycles. The largest absolute Gasteiger partial charge is 0.393 e. The summed E-state index contributed by atoms with van der Waals surface area (Å²) in [4.78, 5) is 21.3. The predicted molar refractivity (Wildman–Crippen MR) is 46.8 cm³/mol. The zero-order chi connectivity index (χ0) is 11.4. The summed E-state index contributed by atoms with van der Waals surface area (Å²) >= 11 is 0. The van der Waals surface area contributed by atoms with E-state index in [1.54, 1.807) is 0 Å². The molecular weight excluding hydrogens is 206 g/mol. The summed E-state index contributed by atoms with van der Waals surface area (Å²) in [5.74, 6) is -3.15. The molecule has 0 amide bonds. The van der Waals surface area contributed by atoms with E-state index in [1.807, 2.05) is 0 Å². The second-order valence-corrected chi connectivity index (χ2v) is 2.92. The molecule has 0 N–H and O–H groups in total. The van der Waals surface area contributed by atoms with Gasteiger partial charge in [0.05, 0.1) is 6.42 Å². The van der Waals surface area contributed by atoms with Crippen molar-refractivity contribution in [1.82, 2.24) is 0 Å². The van der Waals surface area contributed by atoms with Crippen LogP contribution in [0.15, 0.2) is 18.2 Å². The summed E-state index contributed by atoms with van der Waals surface area (Å²) in [5.41, 5.74) is 0.124. The SMILES string of the molecule is CC(=O)OC(=O)Cc1cc(F)cc(F)c1. The molecule has 0 radical (unpaired) electrons. The van der Waals surface area contributed by atoms with Crippen LogP contribution in [0.5, 0.6) is 0 Å². The Morgan fingerprint density at radius 1 is 1.20 bits per heavy atom. The molecule has 0 bridgehead atoms. The van der Waals surface area contributed by atoms with Gasteiger partial charge in [0.15, 0.2) is 0 Å². The van der Waals surface area contributed by atoms with E-state index < -0.39 is 23.6 Å². The Hall–Kier alpha value is -1.78. The van der Waals surface area contributed by atoms with Gasteiger partial charge in [0.25, 0.3) is 0 Å². The molecule has 1 aromatic carbocycles. The average molecular weight is 214 g/mol. The molecule has 80 valence electrons. The smallest absolute Gasteiger partial charge is 0.317 e. The fourth-order valence-electron chi connectivity index (χ4n) is 1.08. The number of ether oxygens (including phenoxy) is 1. The van der Waals surface area contributed by atoms with E-state index in [9.17, 15) is 18.4 Å². The van der Waals surface area contributed by atoms with Crippen molar-refractivity contribution >= 4 is 11.9 Å². The van der Waals surface area contributed by atoms with Gasteiger partial charge in [-0.05, 0) is 17.7 Å². The van der Waals surface area contributed by atoms with E-state index in [0.717, 1.165) is 19.1 Å². The molecule has 0 aliphatic rings. The fourth-order valence-corrected chi connectivity index (χ4v) is 1.08. The van der Waals surface area contributed by atoms with Gasteiger partial charge in [-0.1, -0.05) is 0 Å². The summed E-state index contributed by atoms with van der Waals surface area (Å²) in [6, 6.07) is 2.70. The maximum atomic E-state index is 12.7. The highest BCUT2D eigenvalue weighted by Gasteiger charge is 2.09. The molecule has 5 heteroatoms. The molecule has 3 nitrogen and oxygen atoms in total. The zero-order valence-electron chi connectivity index (χ0n) is 7.92. The number of halogens is 2. The first-order chi connectivity index (χ1) is 6.97. The van der Waals surface area contributed by atoms with Crippen LogP contribution in [0, 0.1) is 11.6 Å². The van der Waals surface area contributed by atoms with Gasteiger partial charge in [-0.3, -0.25) is 9.59 Å². The molecule has 1 rings (SSSR count). The number of carbonyl (C=O) groups is 2. The Bertz CT molecular complexity index is 381.